The van der Waals surface area contributed by atoms with Gasteiger partial charge in [-0.3, -0.25) is 14.9 Å². The number of carbonyl (C=O) groups is 3. The lowest BCUT2D eigenvalue weighted by Crippen LogP contribution is -2.39. The van der Waals surface area contributed by atoms with Gasteiger partial charge in [0.25, 0.3) is 5.91 Å². The van der Waals surface area contributed by atoms with E-state index >= 15 is 0 Å². The van der Waals surface area contributed by atoms with Gasteiger partial charge in [-0.2, -0.15) is 0 Å². The number of rotatable bonds is 3. The summed E-state index contributed by atoms with van der Waals surface area (Å²) in [6.45, 7) is 0. The van der Waals surface area contributed by atoms with E-state index in [1.54, 1.807) is 14.1 Å². The molecule has 4 amide bonds. The molecule has 2 aliphatic carbocycles. The number of anilines is 1. The van der Waals surface area contributed by atoms with E-state index < -0.39 is 11.9 Å². The Balaban J connectivity index is 1.80. The molecule has 0 aliphatic heterocycles. The first-order valence-electron chi connectivity index (χ1n) is 8.95. The molecule has 1 fully saturated rings. The van der Waals surface area contributed by atoms with Crippen molar-refractivity contribution in [1.82, 2.24) is 10.2 Å². The molecule has 2 aliphatic rings. The van der Waals surface area contributed by atoms with Crippen LogP contribution in [0.5, 0.6) is 0 Å². The minimum atomic E-state index is -0.451. The largest absolute Gasteiger partial charge is 0.331 e. The van der Waals surface area contributed by atoms with E-state index in [1.165, 1.54) is 22.7 Å². The second kappa shape index (κ2) is 7.56. The van der Waals surface area contributed by atoms with Crippen molar-refractivity contribution in [1.29, 1.82) is 0 Å². The number of urea groups is 1. The van der Waals surface area contributed by atoms with Crippen molar-refractivity contribution in [2.45, 2.75) is 51.4 Å². The zero-order chi connectivity index (χ0) is 18.0. The van der Waals surface area contributed by atoms with Crippen LogP contribution in [0.15, 0.2) is 0 Å². The zero-order valence-electron chi connectivity index (χ0n) is 14.8. The van der Waals surface area contributed by atoms with Crippen LogP contribution in [0.1, 0.15) is 59.3 Å². The van der Waals surface area contributed by atoms with Gasteiger partial charge in [0.15, 0.2) is 0 Å². The van der Waals surface area contributed by atoms with Crippen molar-refractivity contribution in [3.63, 3.8) is 0 Å². The first-order chi connectivity index (χ1) is 12.0. The van der Waals surface area contributed by atoms with E-state index in [9.17, 15) is 14.4 Å². The second-order valence-electron chi connectivity index (χ2n) is 7.04. The van der Waals surface area contributed by atoms with Crippen molar-refractivity contribution in [2.75, 3.05) is 19.4 Å². The molecule has 1 heterocycles. The van der Waals surface area contributed by atoms with Gasteiger partial charge in [0.2, 0.25) is 5.91 Å². The Morgan fingerprint density at radius 3 is 2.44 bits per heavy atom. The first-order valence-corrected chi connectivity index (χ1v) is 9.77. The highest BCUT2D eigenvalue weighted by molar-refractivity contribution is 7.17. The highest BCUT2D eigenvalue weighted by Gasteiger charge is 2.30. The normalized spacial score (nSPS) is 17.0. The number of imide groups is 1. The second-order valence-corrected chi connectivity index (χ2v) is 8.14. The van der Waals surface area contributed by atoms with E-state index in [4.69, 9.17) is 0 Å². The standard InChI is InChI=1S/C18H25N3O3S/c1-21(2)18(24)20-16(23)14-12-9-6-10-13(12)25-17(14)19-15(22)11-7-4-3-5-8-11/h11H,3-10H2,1-2H3,(H,19,22)(H,20,23,24). The van der Waals surface area contributed by atoms with Crippen LogP contribution in [0.2, 0.25) is 0 Å². The molecule has 0 unspecified atom stereocenters. The number of nitrogens with one attached hydrogen (secondary N) is 2. The van der Waals surface area contributed by atoms with Gasteiger partial charge >= 0.3 is 6.03 Å². The van der Waals surface area contributed by atoms with Gasteiger partial charge < -0.3 is 10.2 Å². The Morgan fingerprint density at radius 1 is 1.04 bits per heavy atom. The average Bonchev–Trinajstić information content (AvgIpc) is 3.15. The fraction of sp³-hybridized carbons (Fsp3) is 0.611. The van der Waals surface area contributed by atoms with E-state index in [1.807, 2.05) is 0 Å². The van der Waals surface area contributed by atoms with Crippen molar-refractivity contribution in [2.24, 2.45) is 5.92 Å². The molecule has 0 bridgehead atoms. The van der Waals surface area contributed by atoms with Crippen LogP contribution in [-0.4, -0.2) is 36.8 Å². The molecule has 0 spiro atoms. The summed E-state index contributed by atoms with van der Waals surface area (Å²) >= 11 is 1.49. The van der Waals surface area contributed by atoms with Crippen LogP contribution in [0, 0.1) is 5.92 Å². The van der Waals surface area contributed by atoms with Crippen LogP contribution in [0.4, 0.5) is 9.80 Å². The van der Waals surface area contributed by atoms with Gasteiger partial charge in [-0.1, -0.05) is 19.3 Å². The van der Waals surface area contributed by atoms with Crippen molar-refractivity contribution in [3.8, 4) is 0 Å². The lowest BCUT2D eigenvalue weighted by atomic mass is 9.89. The Bertz CT molecular complexity index is 690. The average molecular weight is 363 g/mol. The molecular weight excluding hydrogens is 338 g/mol. The zero-order valence-corrected chi connectivity index (χ0v) is 15.6. The fourth-order valence-corrected chi connectivity index (χ4v) is 4.87. The summed E-state index contributed by atoms with van der Waals surface area (Å²) in [6, 6.07) is -0.451. The predicted octanol–water partition coefficient (Wildman–Crippen LogP) is 3.17. The molecule has 3 rings (SSSR count). The summed E-state index contributed by atoms with van der Waals surface area (Å²) in [4.78, 5) is 39.6. The lowest BCUT2D eigenvalue weighted by molar-refractivity contribution is -0.120. The molecule has 7 heteroatoms. The van der Waals surface area contributed by atoms with Crippen molar-refractivity contribution >= 4 is 34.2 Å². The number of carbonyl (C=O) groups excluding carboxylic acids is 3. The summed E-state index contributed by atoms with van der Waals surface area (Å²) in [5.74, 6) is -0.380. The van der Waals surface area contributed by atoms with Gasteiger partial charge in [-0.25, -0.2) is 4.79 Å². The smallest absolute Gasteiger partial charge is 0.323 e. The number of hydrogen-bond donors (Lipinski definition) is 2. The summed E-state index contributed by atoms with van der Waals surface area (Å²) in [6.07, 6.45) is 7.96. The lowest BCUT2D eigenvalue weighted by Gasteiger charge is -2.20. The molecule has 2 N–H and O–H groups in total. The summed E-state index contributed by atoms with van der Waals surface area (Å²) in [5.41, 5.74) is 1.48. The fourth-order valence-electron chi connectivity index (χ4n) is 3.58. The summed E-state index contributed by atoms with van der Waals surface area (Å²) in [5, 5.41) is 6.00. The SMILES string of the molecule is CN(C)C(=O)NC(=O)c1c(NC(=O)C2CCCCC2)sc2c1CCC2. The number of amides is 4. The van der Waals surface area contributed by atoms with Crippen LogP contribution < -0.4 is 10.6 Å². The quantitative estimate of drug-likeness (QED) is 0.866. The van der Waals surface area contributed by atoms with E-state index in [0.29, 0.717) is 10.6 Å². The highest BCUT2D eigenvalue weighted by Crippen LogP contribution is 2.39. The molecule has 0 radical (unpaired) electrons. The Hall–Kier alpha value is -1.89. The van der Waals surface area contributed by atoms with Crippen LogP contribution in [0.3, 0.4) is 0 Å². The Kier molecular flexibility index (Phi) is 5.42. The number of nitrogens with zero attached hydrogens (tertiary/aromatic N) is 1. The van der Waals surface area contributed by atoms with Gasteiger partial charge in [0.05, 0.1) is 5.56 Å². The van der Waals surface area contributed by atoms with Crippen LogP contribution in [-0.2, 0) is 17.6 Å². The third-order valence-corrected chi connectivity index (χ3v) is 6.19. The number of thiophene rings is 1. The third kappa shape index (κ3) is 3.86. The van der Waals surface area contributed by atoms with E-state index in [0.717, 1.165) is 55.4 Å². The Labute approximate surface area is 152 Å². The molecule has 0 saturated heterocycles. The molecule has 0 aromatic carbocycles. The van der Waals surface area contributed by atoms with E-state index in [2.05, 4.69) is 10.6 Å². The van der Waals surface area contributed by atoms with Crippen LogP contribution in [0.25, 0.3) is 0 Å². The minimum absolute atomic E-state index is 0.00705. The molecule has 1 aromatic rings. The monoisotopic (exact) mass is 363 g/mol. The maximum Gasteiger partial charge on any atom is 0.323 e. The maximum atomic E-state index is 12.7. The van der Waals surface area contributed by atoms with Gasteiger partial charge in [0, 0.05) is 24.9 Å². The van der Waals surface area contributed by atoms with Crippen molar-refractivity contribution < 1.29 is 14.4 Å². The number of fused-ring (bicyclic) bond motifs is 1. The van der Waals surface area contributed by atoms with Crippen molar-refractivity contribution in [3.05, 3.63) is 16.0 Å². The van der Waals surface area contributed by atoms with Gasteiger partial charge in [0.1, 0.15) is 5.00 Å². The molecule has 0 atom stereocenters. The van der Waals surface area contributed by atoms with Gasteiger partial charge in [-0.15, -0.1) is 11.3 Å². The summed E-state index contributed by atoms with van der Waals surface area (Å²) in [7, 11) is 3.18. The third-order valence-electron chi connectivity index (χ3n) is 4.99. The minimum Gasteiger partial charge on any atom is -0.331 e. The predicted molar refractivity (Wildman–Crippen MR) is 98.1 cm³/mol. The Morgan fingerprint density at radius 2 is 1.76 bits per heavy atom. The molecule has 6 nitrogen and oxygen atoms in total. The highest BCUT2D eigenvalue weighted by atomic mass is 32.1. The van der Waals surface area contributed by atoms with Crippen LogP contribution >= 0.6 is 11.3 Å². The molecule has 136 valence electrons. The molecule has 1 saturated carbocycles. The topological polar surface area (TPSA) is 78.5 Å². The molecule has 1 aromatic heterocycles. The van der Waals surface area contributed by atoms with Gasteiger partial charge in [-0.05, 0) is 37.7 Å². The summed E-state index contributed by atoms with van der Waals surface area (Å²) < 4.78 is 0. The molecule has 25 heavy (non-hydrogen) atoms. The first kappa shape index (κ1) is 17.9. The number of hydrogen-bond acceptors (Lipinski definition) is 4. The number of aryl methyl sites for hydroxylation is 1. The molecular formula is C18H25N3O3S. The maximum absolute atomic E-state index is 12.7. The van der Waals surface area contributed by atoms with E-state index in [-0.39, 0.29) is 11.8 Å².